The van der Waals surface area contributed by atoms with Crippen LogP contribution in [0.2, 0.25) is 0 Å². The maximum Gasteiger partial charge on any atom is 0.410 e. The summed E-state index contributed by atoms with van der Waals surface area (Å²) in [5.41, 5.74) is -0.534. The average molecular weight is 724 g/mol. The van der Waals surface area contributed by atoms with Gasteiger partial charge in [0.15, 0.2) is 6.29 Å². The third-order valence-corrected chi connectivity index (χ3v) is 9.79. The van der Waals surface area contributed by atoms with E-state index in [1.165, 1.54) is 30.6 Å². The van der Waals surface area contributed by atoms with Crippen molar-refractivity contribution in [3.63, 3.8) is 0 Å². The number of aliphatic hydroxyl groups is 2. The molecular weight excluding hydrogens is 653 g/mol. The Morgan fingerprint density at radius 1 is 0.776 bits per heavy atom. The molecule has 5 N–H and O–H groups in total. The van der Waals surface area contributed by atoms with Crippen molar-refractivity contribution in [3.8, 4) is 0 Å². The van der Waals surface area contributed by atoms with Crippen LogP contribution >= 0.6 is 7.37 Å². The highest BCUT2D eigenvalue weighted by molar-refractivity contribution is 7.57. The van der Waals surface area contributed by atoms with Crippen molar-refractivity contribution in [2.75, 3.05) is 25.4 Å². The molecule has 1 aliphatic rings. The number of aliphatic hydroxyl groups excluding tert-OH is 1. The third-order valence-electron chi connectivity index (χ3n) is 7.76. The summed E-state index contributed by atoms with van der Waals surface area (Å²) in [6.45, 7) is 15.1. The summed E-state index contributed by atoms with van der Waals surface area (Å²) in [5, 5.41) is 34.2. The number of unbranched alkanes of at least 4 members (excludes halogenated alkanes) is 4. The van der Waals surface area contributed by atoms with Crippen LogP contribution in [0.5, 0.6) is 0 Å². The molecule has 1 amide bonds. The monoisotopic (exact) mass is 723 g/mol. The number of ketones is 1. The van der Waals surface area contributed by atoms with E-state index in [4.69, 9.17) is 25.2 Å². The van der Waals surface area contributed by atoms with Crippen molar-refractivity contribution in [3.05, 3.63) is 0 Å². The molecular formula is C36H70NO11P. The smallest absolute Gasteiger partial charge is 0.410 e. The van der Waals surface area contributed by atoms with Crippen molar-refractivity contribution < 1.29 is 53.8 Å². The normalized spacial score (nSPS) is 15.0. The van der Waals surface area contributed by atoms with Gasteiger partial charge in [-0.15, -0.1) is 0 Å². The van der Waals surface area contributed by atoms with E-state index in [1.54, 1.807) is 20.8 Å². The Kier molecular flexibility index (Phi) is 27.7. The molecule has 1 rings (SSSR count). The van der Waals surface area contributed by atoms with E-state index >= 15 is 0 Å². The van der Waals surface area contributed by atoms with Crippen molar-refractivity contribution in [2.45, 2.75) is 163 Å². The van der Waals surface area contributed by atoms with E-state index in [0.717, 1.165) is 43.9 Å². The minimum absolute atomic E-state index is 0.00830. The second-order valence-electron chi connectivity index (χ2n) is 15.0. The van der Waals surface area contributed by atoms with Crippen LogP contribution in [0.1, 0.15) is 151 Å². The number of carboxylic acids is 2. The molecule has 0 aromatic carbocycles. The Hall–Kier alpha value is -2.01. The van der Waals surface area contributed by atoms with Gasteiger partial charge in [-0.1, -0.05) is 66.2 Å². The average Bonchev–Trinajstić information content (AvgIpc) is 2.96. The Morgan fingerprint density at radius 3 is 1.71 bits per heavy atom. The molecule has 0 bridgehead atoms. The molecule has 1 saturated heterocycles. The molecule has 1 aliphatic heterocycles. The molecule has 0 aromatic heterocycles. The summed E-state index contributed by atoms with van der Waals surface area (Å²) in [6.07, 6.45) is 11.1. The lowest BCUT2D eigenvalue weighted by atomic mass is 9.99. The second kappa shape index (κ2) is 27.7. The summed E-state index contributed by atoms with van der Waals surface area (Å²) >= 11 is 0. The van der Waals surface area contributed by atoms with Gasteiger partial charge in [0.25, 0.3) is 0 Å². The Balaban J connectivity index is 0. The lowest BCUT2D eigenvalue weighted by molar-refractivity contribution is -0.143. The number of amides is 1. The lowest BCUT2D eigenvalue weighted by Crippen LogP contribution is -2.44. The quantitative estimate of drug-likeness (QED) is 0.0442. The Morgan fingerprint density at radius 2 is 1.29 bits per heavy atom. The fourth-order valence-corrected chi connectivity index (χ4v) is 6.66. The van der Waals surface area contributed by atoms with E-state index in [1.807, 2.05) is 0 Å². The van der Waals surface area contributed by atoms with Crippen molar-refractivity contribution in [1.29, 1.82) is 0 Å². The molecule has 0 spiro atoms. The van der Waals surface area contributed by atoms with Crippen LogP contribution in [0, 0.1) is 17.8 Å². The number of rotatable bonds is 21. The van der Waals surface area contributed by atoms with Gasteiger partial charge in [-0.3, -0.25) is 18.9 Å². The zero-order valence-electron chi connectivity index (χ0n) is 31.5. The number of carbonyl (C=O) groups is 4. The summed E-state index contributed by atoms with van der Waals surface area (Å²) < 4.78 is 17.2. The maximum absolute atomic E-state index is 12.0. The molecule has 0 aliphatic carbocycles. The second-order valence-corrected chi connectivity index (χ2v) is 17.6. The minimum Gasteiger partial charge on any atom is -0.481 e. The number of carboxylic acid groups (broad SMARTS) is 2. The van der Waals surface area contributed by atoms with Gasteiger partial charge in [-0.25, -0.2) is 4.79 Å². The molecule has 12 nitrogen and oxygen atoms in total. The zero-order valence-corrected chi connectivity index (χ0v) is 32.4. The van der Waals surface area contributed by atoms with Crippen molar-refractivity contribution in [2.24, 2.45) is 17.8 Å². The number of piperidine rings is 1. The molecule has 0 radical (unpaired) electrons. The van der Waals surface area contributed by atoms with E-state index in [9.17, 15) is 28.6 Å². The standard InChI is InChI=1S/C16H35O2P.C11H19NO4.C9H16O5/c1-15(2)11-7-5-9-13-19(17,18)14-10-6-8-12-16(3)4;1-11(2,3)16-10(15)12-6-4-5-8(7-12)9(13)14;10-7(3-1-5-8(11)12)4-2-6-9(13)14/h15-16H,5-14H2,1-4H3,(H,17,18);8H,4-7H2,1-3H3,(H,13,14);8,11-12H,1-6H2,(H,13,14). The van der Waals surface area contributed by atoms with E-state index in [-0.39, 0.29) is 38.0 Å². The molecule has 0 aromatic rings. The molecule has 1 atom stereocenters. The maximum atomic E-state index is 12.0. The predicted octanol–water partition coefficient (Wildman–Crippen LogP) is 7.70. The summed E-state index contributed by atoms with van der Waals surface area (Å²) in [5.74, 6) is -0.714. The highest BCUT2D eigenvalue weighted by Crippen LogP contribution is 2.42. The van der Waals surface area contributed by atoms with E-state index in [0.29, 0.717) is 38.1 Å². The minimum atomic E-state index is -2.82. The number of Topliss-reactive ketones (excluding diaryl/α,β-unsaturated/α-hetero) is 1. The first kappa shape index (κ1) is 49.1. The van der Waals surface area contributed by atoms with Gasteiger partial charge in [0, 0.05) is 44.7 Å². The van der Waals surface area contributed by atoms with Gasteiger partial charge in [0.2, 0.25) is 7.37 Å². The number of hydrogen-bond acceptors (Lipinski definition) is 8. The highest BCUT2D eigenvalue weighted by Gasteiger charge is 2.30. The zero-order chi connectivity index (χ0) is 38.0. The first-order valence-electron chi connectivity index (χ1n) is 18.3. The summed E-state index contributed by atoms with van der Waals surface area (Å²) in [6, 6.07) is 0. The fraction of sp³-hybridized carbons (Fsp3) is 0.889. The highest BCUT2D eigenvalue weighted by atomic mass is 31.2. The molecule has 0 saturated carbocycles. The molecule has 13 heteroatoms. The number of aliphatic carboxylic acids is 2. The SMILES string of the molecule is CC(C)(C)OC(=O)N1CCCC(C(=O)O)C1.CC(C)CCCCCP(=O)(O)CCCCCC(C)C.O=C(O)CCCC(=O)CCCC(O)O. The van der Waals surface area contributed by atoms with E-state index < -0.39 is 43.2 Å². The van der Waals surface area contributed by atoms with Crippen molar-refractivity contribution >= 4 is 31.2 Å². The number of nitrogens with zero attached hydrogens (tertiary/aromatic N) is 1. The largest absolute Gasteiger partial charge is 0.481 e. The van der Waals surface area contributed by atoms with Crippen molar-refractivity contribution in [1.82, 2.24) is 4.90 Å². The number of carbonyl (C=O) groups excluding carboxylic acids is 2. The lowest BCUT2D eigenvalue weighted by Gasteiger charge is -2.32. The Bertz CT molecular complexity index is 941. The van der Waals surface area contributed by atoms with Crippen LogP contribution in [0.4, 0.5) is 4.79 Å². The first-order valence-corrected chi connectivity index (χ1v) is 20.3. The van der Waals surface area contributed by atoms with Crippen LogP contribution in [0.25, 0.3) is 0 Å². The van der Waals surface area contributed by atoms with Crippen LogP contribution in [0.15, 0.2) is 0 Å². The van der Waals surface area contributed by atoms with Crippen LogP contribution in [0.3, 0.4) is 0 Å². The molecule has 1 heterocycles. The van der Waals surface area contributed by atoms with Crippen LogP contribution in [-0.2, 0) is 23.7 Å². The molecule has 1 unspecified atom stereocenters. The van der Waals surface area contributed by atoms with Crippen LogP contribution in [-0.4, -0.2) is 91.3 Å². The van der Waals surface area contributed by atoms with Gasteiger partial charge < -0.3 is 35.0 Å². The molecule has 49 heavy (non-hydrogen) atoms. The summed E-state index contributed by atoms with van der Waals surface area (Å²) in [7, 11) is -2.82. The fourth-order valence-electron chi connectivity index (χ4n) is 5.00. The van der Waals surface area contributed by atoms with Crippen LogP contribution < -0.4 is 0 Å². The van der Waals surface area contributed by atoms with Gasteiger partial charge in [0.1, 0.15) is 11.4 Å². The van der Waals surface area contributed by atoms with E-state index in [2.05, 4.69) is 27.7 Å². The summed E-state index contributed by atoms with van der Waals surface area (Å²) in [4.78, 5) is 55.0. The third kappa shape index (κ3) is 34.2. The topological polar surface area (TPSA) is 199 Å². The van der Waals surface area contributed by atoms with Gasteiger partial charge in [-0.2, -0.15) is 0 Å². The van der Waals surface area contributed by atoms with Gasteiger partial charge >= 0.3 is 18.0 Å². The number of hydrogen-bond donors (Lipinski definition) is 5. The predicted molar refractivity (Wildman–Crippen MR) is 193 cm³/mol. The molecule has 290 valence electrons. The number of ether oxygens (including phenoxy) is 1. The Labute approximate surface area is 295 Å². The number of likely N-dealkylation sites (tertiary alicyclic amines) is 1. The first-order chi connectivity index (χ1) is 22.6. The van der Waals surface area contributed by atoms with Gasteiger partial charge in [-0.05, 0) is 77.6 Å². The molecule has 1 fully saturated rings. The van der Waals surface area contributed by atoms with Gasteiger partial charge in [0.05, 0.1) is 5.92 Å².